The number of hydrogen-bond donors (Lipinski definition) is 1. The van der Waals surface area contributed by atoms with Crippen molar-refractivity contribution in [1.82, 2.24) is 4.90 Å². The number of nitrogens with zero attached hydrogens (tertiary/aromatic N) is 1. The van der Waals surface area contributed by atoms with E-state index in [1.165, 1.54) is 4.90 Å². The van der Waals surface area contributed by atoms with E-state index in [2.05, 4.69) is 5.32 Å². The normalized spacial score (nSPS) is 10.3. The Bertz CT molecular complexity index is 800. The molecule has 0 aromatic heterocycles. The van der Waals surface area contributed by atoms with E-state index in [-0.39, 0.29) is 25.0 Å². The van der Waals surface area contributed by atoms with Gasteiger partial charge in [-0.15, -0.1) is 0 Å². The molecular formula is C20H23ClN2O3. The summed E-state index contributed by atoms with van der Waals surface area (Å²) in [4.78, 5) is 25.8. The molecule has 0 radical (unpaired) electrons. The second-order valence-electron chi connectivity index (χ2n) is 6.26. The van der Waals surface area contributed by atoms with Gasteiger partial charge in [0.25, 0.3) is 5.91 Å². The lowest BCUT2D eigenvalue weighted by atomic mass is 10.1. The predicted molar refractivity (Wildman–Crippen MR) is 104 cm³/mol. The first-order valence-electron chi connectivity index (χ1n) is 8.27. The zero-order valence-corrected chi connectivity index (χ0v) is 16.2. The fourth-order valence-electron chi connectivity index (χ4n) is 2.46. The van der Waals surface area contributed by atoms with Crippen LogP contribution >= 0.6 is 11.6 Å². The van der Waals surface area contributed by atoms with Crippen LogP contribution in [0.25, 0.3) is 0 Å². The van der Waals surface area contributed by atoms with Crippen LogP contribution in [0.5, 0.6) is 5.75 Å². The van der Waals surface area contributed by atoms with Gasteiger partial charge in [0, 0.05) is 17.8 Å². The Labute approximate surface area is 158 Å². The lowest BCUT2D eigenvalue weighted by Crippen LogP contribution is -2.37. The maximum Gasteiger partial charge on any atom is 0.260 e. The maximum absolute atomic E-state index is 12.2. The summed E-state index contributed by atoms with van der Waals surface area (Å²) < 4.78 is 5.48. The molecule has 2 aromatic carbocycles. The van der Waals surface area contributed by atoms with Crippen molar-refractivity contribution in [2.24, 2.45) is 0 Å². The molecule has 5 nitrogen and oxygen atoms in total. The summed E-state index contributed by atoms with van der Waals surface area (Å²) in [5.74, 6) is 0.0310. The van der Waals surface area contributed by atoms with Gasteiger partial charge in [-0.05, 0) is 55.7 Å². The Kier molecular flexibility index (Phi) is 6.64. The lowest BCUT2D eigenvalue weighted by molar-refractivity contribution is -0.135. The molecule has 0 saturated carbocycles. The highest BCUT2D eigenvalue weighted by molar-refractivity contribution is 6.31. The van der Waals surface area contributed by atoms with Crippen LogP contribution in [-0.4, -0.2) is 36.9 Å². The number of carbonyl (C=O) groups excluding carboxylic acids is 2. The van der Waals surface area contributed by atoms with E-state index in [0.717, 1.165) is 22.4 Å². The molecule has 6 heteroatoms. The third-order valence-electron chi connectivity index (χ3n) is 4.04. The van der Waals surface area contributed by atoms with E-state index in [1.54, 1.807) is 25.2 Å². The van der Waals surface area contributed by atoms with Crippen molar-refractivity contribution in [3.8, 4) is 5.75 Å². The number of rotatable bonds is 6. The average Bonchev–Trinajstić information content (AvgIpc) is 2.59. The zero-order valence-electron chi connectivity index (χ0n) is 15.4. The zero-order chi connectivity index (χ0) is 19.3. The Hall–Kier alpha value is -2.53. The number of carbonyl (C=O) groups is 2. The van der Waals surface area contributed by atoms with Gasteiger partial charge in [0.1, 0.15) is 5.75 Å². The molecular weight excluding hydrogens is 352 g/mol. The molecule has 0 bridgehead atoms. The molecule has 0 heterocycles. The number of aryl methyl sites for hydroxylation is 3. The topological polar surface area (TPSA) is 58.6 Å². The molecule has 2 rings (SSSR count). The quantitative estimate of drug-likeness (QED) is 0.837. The first kappa shape index (κ1) is 19.8. The summed E-state index contributed by atoms with van der Waals surface area (Å²) in [6.07, 6.45) is 0. The Morgan fingerprint density at radius 1 is 1.08 bits per heavy atom. The monoisotopic (exact) mass is 374 g/mol. The van der Waals surface area contributed by atoms with Gasteiger partial charge in [0.15, 0.2) is 6.61 Å². The first-order valence-corrected chi connectivity index (χ1v) is 8.64. The average molecular weight is 375 g/mol. The van der Waals surface area contributed by atoms with Gasteiger partial charge in [0.05, 0.1) is 6.54 Å². The van der Waals surface area contributed by atoms with Crippen molar-refractivity contribution in [1.29, 1.82) is 0 Å². The van der Waals surface area contributed by atoms with Crippen LogP contribution in [0.2, 0.25) is 5.02 Å². The van der Waals surface area contributed by atoms with E-state index in [4.69, 9.17) is 16.3 Å². The molecule has 2 amide bonds. The van der Waals surface area contributed by atoms with Gasteiger partial charge in [-0.1, -0.05) is 29.8 Å². The lowest BCUT2D eigenvalue weighted by Gasteiger charge is -2.18. The number of amides is 2. The third-order valence-corrected chi connectivity index (χ3v) is 4.47. The minimum Gasteiger partial charge on any atom is -0.484 e. The molecule has 26 heavy (non-hydrogen) atoms. The number of nitrogens with one attached hydrogen (secondary N) is 1. The van der Waals surface area contributed by atoms with Crippen molar-refractivity contribution in [3.63, 3.8) is 0 Å². The van der Waals surface area contributed by atoms with Crippen LogP contribution in [-0.2, 0) is 9.59 Å². The number of likely N-dealkylation sites (N-methyl/N-ethyl adjacent to an activating group) is 1. The fraction of sp³-hybridized carbons (Fsp3) is 0.300. The molecule has 0 atom stereocenters. The summed E-state index contributed by atoms with van der Waals surface area (Å²) in [6, 6.07) is 11.0. The summed E-state index contributed by atoms with van der Waals surface area (Å²) >= 11 is 5.96. The van der Waals surface area contributed by atoms with E-state index in [0.29, 0.717) is 10.8 Å². The van der Waals surface area contributed by atoms with Crippen molar-refractivity contribution in [3.05, 3.63) is 58.1 Å². The van der Waals surface area contributed by atoms with Gasteiger partial charge in [-0.3, -0.25) is 9.59 Å². The molecule has 0 aliphatic carbocycles. The van der Waals surface area contributed by atoms with Crippen LogP contribution in [0, 0.1) is 20.8 Å². The largest absolute Gasteiger partial charge is 0.484 e. The van der Waals surface area contributed by atoms with Crippen LogP contribution in [0.15, 0.2) is 36.4 Å². The van der Waals surface area contributed by atoms with Crippen LogP contribution < -0.4 is 10.1 Å². The SMILES string of the molecule is Cc1cc(OCC(=O)N(C)CC(=O)Nc2c(C)cccc2C)ccc1Cl. The minimum atomic E-state index is -0.283. The molecule has 0 spiro atoms. The van der Waals surface area contributed by atoms with E-state index < -0.39 is 0 Å². The second-order valence-corrected chi connectivity index (χ2v) is 6.67. The molecule has 138 valence electrons. The Morgan fingerprint density at radius 3 is 2.35 bits per heavy atom. The molecule has 0 fully saturated rings. The molecule has 0 saturated heterocycles. The second kappa shape index (κ2) is 8.72. The van der Waals surface area contributed by atoms with Crippen molar-refractivity contribution in [2.45, 2.75) is 20.8 Å². The number of anilines is 1. The summed E-state index contributed by atoms with van der Waals surface area (Å²) in [5.41, 5.74) is 3.62. The van der Waals surface area contributed by atoms with Crippen molar-refractivity contribution < 1.29 is 14.3 Å². The number of ether oxygens (including phenoxy) is 1. The first-order chi connectivity index (χ1) is 12.3. The summed E-state index contributed by atoms with van der Waals surface area (Å²) in [5, 5.41) is 3.51. The Morgan fingerprint density at radius 2 is 1.73 bits per heavy atom. The van der Waals surface area contributed by atoms with Gasteiger partial charge in [-0.2, -0.15) is 0 Å². The molecule has 0 aliphatic heterocycles. The predicted octanol–water partition coefficient (Wildman–Crippen LogP) is 3.74. The van der Waals surface area contributed by atoms with Gasteiger partial charge in [0.2, 0.25) is 5.91 Å². The van der Waals surface area contributed by atoms with E-state index in [9.17, 15) is 9.59 Å². The number of halogens is 1. The smallest absolute Gasteiger partial charge is 0.260 e. The number of benzene rings is 2. The highest BCUT2D eigenvalue weighted by Gasteiger charge is 2.15. The van der Waals surface area contributed by atoms with Gasteiger partial charge >= 0.3 is 0 Å². The fourth-order valence-corrected chi connectivity index (χ4v) is 2.57. The highest BCUT2D eigenvalue weighted by Crippen LogP contribution is 2.21. The van der Waals surface area contributed by atoms with Crippen LogP contribution in [0.4, 0.5) is 5.69 Å². The van der Waals surface area contributed by atoms with E-state index >= 15 is 0 Å². The summed E-state index contributed by atoms with van der Waals surface area (Å²) in [6.45, 7) is 5.53. The minimum absolute atomic E-state index is 0.0460. The molecule has 2 aromatic rings. The molecule has 1 N–H and O–H groups in total. The number of para-hydroxylation sites is 1. The van der Waals surface area contributed by atoms with Gasteiger partial charge in [-0.25, -0.2) is 0 Å². The highest BCUT2D eigenvalue weighted by atomic mass is 35.5. The molecule has 0 aliphatic rings. The maximum atomic E-state index is 12.2. The van der Waals surface area contributed by atoms with Crippen LogP contribution in [0.3, 0.4) is 0 Å². The third kappa shape index (κ3) is 5.23. The number of hydrogen-bond acceptors (Lipinski definition) is 3. The van der Waals surface area contributed by atoms with Crippen LogP contribution in [0.1, 0.15) is 16.7 Å². The molecule has 0 unspecified atom stereocenters. The van der Waals surface area contributed by atoms with Crippen molar-refractivity contribution in [2.75, 3.05) is 25.5 Å². The standard InChI is InChI=1S/C20H23ClN2O3/c1-13-6-5-7-14(2)20(13)22-18(24)11-23(4)19(25)12-26-16-8-9-17(21)15(3)10-16/h5-10H,11-12H2,1-4H3,(H,22,24). The van der Waals surface area contributed by atoms with Crippen molar-refractivity contribution >= 4 is 29.1 Å². The van der Waals surface area contributed by atoms with Gasteiger partial charge < -0.3 is 15.0 Å². The van der Waals surface area contributed by atoms with E-state index in [1.807, 2.05) is 39.0 Å². The summed E-state index contributed by atoms with van der Waals surface area (Å²) in [7, 11) is 1.57. The Balaban J connectivity index is 1.88.